The molecule has 0 bridgehead atoms. The summed E-state index contributed by atoms with van der Waals surface area (Å²) in [5.74, 6) is -0.494. The number of carbonyl (C=O) groups is 3. The van der Waals surface area contributed by atoms with Crippen molar-refractivity contribution in [2.24, 2.45) is 5.16 Å². The number of nitrogens with zero attached hydrogens (tertiary/aromatic N) is 2. The Morgan fingerprint density at radius 2 is 1.97 bits per heavy atom. The predicted octanol–water partition coefficient (Wildman–Crippen LogP) is 4.52. The quantitative estimate of drug-likeness (QED) is 0.261. The van der Waals surface area contributed by atoms with Gasteiger partial charge in [0.2, 0.25) is 11.6 Å². The van der Waals surface area contributed by atoms with Crippen LogP contribution in [0.5, 0.6) is 5.75 Å². The van der Waals surface area contributed by atoms with Gasteiger partial charge in [-0.1, -0.05) is 5.16 Å². The summed E-state index contributed by atoms with van der Waals surface area (Å²) in [4.78, 5) is 41.9. The first kappa shape index (κ1) is 20.7. The first-order valence-corrected chi connectivity index (χ1v) is 10.6. The van der Waals surface area contributed by atoms with Crippen molar-refractivity contribution in [3.8, 4) is 5.75 Å². The number of hydrogen-bond acceptors (Lipinski definition) is 7. The molecule has 0 N–H and O–H groups in total. The first-order chi connectivity index (χ1) is 16.0. The molecule has 1 aliphatic rings. The molecule has 8 heteroatoms. The Kier molecular flexibility index (Phi) is 5.05. The van der Waals surface area contributed by atoms with E-state index in [0.717, 1.165) is 21.8 Å². The zero-order valence-corrected chi connectivity index (χ0v) is 18.1. The van der Waals surface area contributed by atoms with Crippen LogP contribution >= 0.6 is 0 Å². The summed E-state index contributed by atoms with van der Waals surface area (Å²) in [5, 5.41) is 5.28. The molecule has 0 amide bonds. The van der Waals surface area contributed by atoms with Crippen LogP contribution in [0.1, 0.15) is 46.7 Å². The highest BCUT2D eigenvalue weighted by Crippen LogP contribution is 2.40. The number of ether oxygens (including phenoxy) is 1. The van der Waals surface area contributed by atoms with Gasteiger partial charge in [0.1, 0.15) is 11.5 Å². The van der Waals surface area contributed by atoms with Gasteiger partial charge in [-0.3, -0.25) is 9.59 Å². The van der Waals surface area contributed by atoms with Gasteiger partial charge >= 0.3 is 5.97 Å². The lowest BCUT2D eigenvalue weighted by Gasteiger charge is -2.09. The minimum Gasteiger partial charge on any atom is -0.492 e. The molecule has 0 saturated carbocycles. The van der Waals surface area contributed by atoms with Gasteiger partial charge in [0, 0.05) is 36.4 Å². The Morgan fingerprint density at radius 1 is 1.15 bits per heavy atom. The van der Waals surface area contributed by atoms with Crippen molar-refractivity contribution in [2.45, 2.75) is 26.8 Å². The molecule has 0 fully saturated rings. The standard InChI is InChI=1S/C25H20N2O6/c1-3-27-19-8-6-15(23(29)21-5-4-11-31-21)13-17(19)22-20(27)9-7-16-24(30)18(26-33-14(2)28)10-12-32-25(16)22/h4-9,11,13H,3,10,12H2,1-2H3/b26-18+. The Morgan fingerprint density at radius 3 is 2.70 bits per heavy atom. The van der Waals surface area contributed by atoms with Crippen molar-refractivity contribution >= 4 is 45.1 Å². The molecule has 3 heterocycles. The Balaban J connectivity index is 1.73. The van der Waals surface area contributed by atoms with E-state index >= 15 is 0 Å². The molecule has 0 radical (unpaired) electrons. The van der Waals surface area contributed by atoms with E-state index in [-0.39, 0.29) is 36.1 Å². The van der Waals surface area contributed by atoms with Crippen LogP contribution in [0, 0.1) is 0 Å². The van der Waals surface area contributed by atoms with E-state index in [2.05, 4.69) is 9.72 Å². The Labute approximate surface area is 188 Å². The van der Waals surface area contributed by atoms with Gasteiger partial charge in [0.15, 0.2) is 5.76 Å². The van der Waals surface area contributed by atoms with E-state index in [1.165, 1.54) is 13.2 Å². The van der Waals surface area contributed by atoms with Gasteiger partial charge in [-0.05, 0) is 49.4 Å². The number of rotatable bonds is 4. The zero-order valence-electron chi connectivity index (χ0n) is 18.1. The van der Waals surface area contributed by atoms with Crippen molar-refractivity contribution in [2.75, 3.05) is 6.61 Å². The summed E-state index contributed by atoms with van der Waals surface area (Å²) in [6, 6.07) is 12.3. The fourth-order valence-corrected chi connectivity index (χ4v) is 4.24. The molecule has 2 aromatic heterocycles. The maximum absolute atomic E-state index is 13.2. The molecule has 0 unspecified atom stereocenters. The van der Waals surface area contributed by atoms with Crippen molar-refractivity contribution in [3.05, 3.63) is 65.6 Å². The minimum atomic E-state index is -0.601. The molecule has 8 nitrogen and oxygen atoms in total. The maximum Gasteiger partial charge on any atom is 0.331 e. The van der Waals surface area contributed by atoms with Crippen LogP contribution in [-0.2, 0) is 16.2 Å². The van der Waals surface area contributed by atoms with Gasteiger partial charge in [0.25, 0.3) is 0 Å². The molecule has 1 aliphatic heterocycles. The van der Waals surface area contributed by atoms with E-state index < -0.39 is 5.97 Å². The third-order valence-electron chi connectivity index (χ3n) is 5.68. The van der Waals surface area contributed by atoms with Gasteiger partial charge in [-0.15, -0.1) is 0 Å². The number of benzene rings is 2. The fraction of sp³-hybridized carbons (Fsp3) is 0.200. The minimum absolute atomic E-state index is 0.121. The molecular formula is C25H20N2O6. The monoisotopic (exact) mass is 444 g/mol. The smallest absolute Gasteiger partial charge is 0.331 e. The Hall–Kier alpha value is -4.20. The largest absolute Gasteiger partial charge is 0.492 e. The van der Waals surface area contributed by atoms with E-state index in [0.29, 0.717) is 23.4 Å². The van der Waals surface area contributed by atoms with Crippen molar-refractivity contribution in [1.82, 2.24) is 4.57 Å². The third-order valence-corrected chi connectivity index (χ3v) is 5.68. The van der Waals surface area contributed by atoms with Crippen molar-refractivity contribution in [3.63, 3.8) is 0 Å². The molecule has 0 aliphatic carbocycles. The molecule has 5 rings (SSSR count). The number of aryl methyl sites for hydroxylation is 1. The third kappa shape index (κ3) is 3.40. The molecular weight excluding hydrogens is 424 g/mol. The normalized spacial score (nSPS) is 14.8. The van der Waals surface area contributed by atoms with E-state index in [9.17, 15) is 14.4 Å². The SMILES string of the molecule is CCn1c2ccc(C(=O)c3ccco3)cc2c2c3c(ccc21)C(=O)/C(=N/OC(C)=O)CCO3. The van der Waals surface area contributed by atoms with Crippen LogP contribution in [0.3, 0.4) is 0 Å². The number of oxime groups is 1. The first-order valence-electron chi connectivity index (χ1n) is 10.6. The average molecular weight is 444 g/mol. The second-order valence-corrected chi connectivity index (χ2v) is 7.67. The van der Waals surface area contributed by atoms with Crippen LogP contribution < -0.4 is 4.74 Å². The molecule has 2 aromatic carbocycles. The predicted molar refractivity (Wildman–Crippen MR) is 121 cm³/mol. The highest BCUT2D eigenvalue weighted by Gasteiger charge is 2.28. The molecule has 0 saturated heterocycles. The van der Waals surface area contributed by atoms with Crippen LogP contribution in [0.4, 0.5) is 0 Å². The number of Topliss-reactive ketones (excluding diaryl/α,β-unsaturated/α-hetero) is 1. The molecule has 166 valence electrons. The van der Waals surface area contributed by atoms with E-state index in [4.69, 9.17) is 14.0 Å². The molecule has 4 aromatic rings. The lowest BCUT2D eigenvalue weighted by atomic mass is 10.00. The Bertz CT molecular complexity index is 1460. The molecule has 0 atom stereocenters. The number of hydrogen-bond donors (Lipinski definition) is 0. The van der Waals surface area contributed by atoms with Crippen LogP contribution in [-0.4, -0.2) is 34.4 Å². The van der Waals surface area contributed by atoms with Crippen molar-refractivity contribution in [1.29, 1.82) is 0 Å². The lowest BCUT2D eigenvalue weighted by Crippen LogP contribution is -2.15. The van der Waals surface area contributed by atoms with Gasteiger partial charge in [0.05, 0.1) is 29.3 Å². The number of aromatic nitrogens is 1. The summed E-state index contributed by atoms with van der Waals surface area (Å²) in [6.45, 7) is 4.14. The number of furan rings is 1. The number of carbonyl (C=O) groups excluding carboxylic acids is 3. The summed E-state index contributed by atoms with van der Waals surface area (Å²) >= 11 is 0. The average Bonchev–Trinajstić information content (AvgIpc) is 3.42. The van der Waals surface area contributed by atoms with Crippen LogP contribution in [0.2, 0.25) is 0 Å². The summed E-state index contributed by atoms with van der Waals surface area (Å²) in [7, 11) is 0. The van der Waals surface area contributed by atoms with E-state index in [1.807, 2.05) is 25.1 Å². The van der Waals surface area contributed by atoms with Gasteiger partial charge in [-0.2, -0.15) is 0 Å². The maximum atomic E-state index is 13.2. The number of ketones is 2. The second kappa shape index (κ2) is 8.05. The molecule has 33 heavy (non-hydrogen) atoms. The highest BCUT2D eigenvalue weighted by molar-refractivity contribution is 6.47. The van der Waals surface area contributed by atoms with Crippen molar-refractivity contribution < 1.29 is 28.4 Å². The van der Waals surface area contributed by atoms with E-state index in [1.54, 1.807) is 24.3 Å². The van der Waals surface area contributed by atoms with Crippen LogP contribution in [0.15, 0.2) is 58.3 Å². The van der Waals surface area contributed by atoms with Gasteiger partial charge < -0.3 is 18.6 Å². The lowest BCUT2D eigenvalue weighted by molar-refractivity contribution is -0.140. The summed E-state index contributed by atoms with van der Waals surface area (Å²) in [6.07, 6.45) is 1.67. The summed E-state index contributed by atoms with van der Waals surface area (Å²) in [5.41, 5.74) is 2.75. The number of fused-ring (bicyclic) bond motifs is 5. The zero-order chi connectivity index (χ0) is 23.1. The highest BCUT2D eigenvalue weighted by atomic mass is 16.7. The molecule has 0 spiro atoms. The topological polar surface area (TPSA) is 100 Å². The fourth-order valence-electron chi connectivity index (χ4n) is 4.24. The van der Waals surface area contributed by atoms with Gasteiger partial charge in [-0.25, -0.2) is 4.79 Å². The summed E-state index contributed by atoms with van der Waals surface area (Å²) < 4.78 is 13.4. The van der Waals surface area contributed by atoms with Crippen LogP contribution in [0.25, 0.3) is 21.8 Å². The second-order valence-electron chi connectivity index (χ2n) is 7.67.